The van der Waals surface area contributed by atoms with Crippen molar-refractivity contribution in [1.29, 1.82) is 0 Å². The molecule has 5 nitrogen and oxygen atoms in total. The Labute approximate surface area is 159 Å². The largest absolute Gasteiger partial charge is 0.493 e. The third-order valence-corrected chi connectivity index (χ3v) is 4.30. The van der Waals surface area contributed by atoms with Crippen molar-refractivity contribution in [2.75, 3.05) is 20.3 Å². The molecule has 2 aromatic carbocycles. The molecule has 3 aromatic rings. The fourth-order valence-electron chi connectivity index (χ4n) is 2.97. The molecule has 1 heterocycles. The molecule has 1 aromatic heterocycles. The van der Waals surface area contributed by atoms with Gasteiger partial charge in [0.2, 0.25) is 0 Å². The van der Waals surface area contributed by atoms with Crippen LogP contribution < -0.4 is 14.8 Å². The van der Waals surface area contributed by atoms with Crippen LogP contribution in [0.4, 0.5) is 0 Å². The molecular weight excluding hydrogens is 340 g/mol. The number of ether oxygens (including phenoxy) is 2. The van der Waals surface area contributed by atoms with E-state index in [1.165, 1.54) is 10.9 Å². The number of para-hydroxylation sites is 1. The van der Waals surface area contributed by atoms with Crippen molar-refractivity contribution >= 4 is 22.9 Å². The van der Waals surface area contributed by atoms with Gasteiger partial charge in [-0.25, -0.2) is 0 Å². The Bertz CT molecular complexity index is 944. The second-order valence-electron chi connectivity index (χ2n) is 6.16. The van der Waals surface area contributed by atoms with E-state index in [9.17, 15) is 4.79 Å². The molecule has 0 radical (unpaired) electrons. The number of hydrogen-bond acceptors (Lipinski definition) is 3. The number of methoxy groups -OCH3 is 1. The van der Waals surface area contributed by atoms with Crippen molar-refractivity contribution in [1.82, 2.24) is 10.3 Å². The average molecular weight is 364 g/mol. The molecule has 3 rings (SSSR count). The third-order valence-electron chi connectivity index (χ3n) is 4.30. The molecule has 0 aliphatic carbocycles. The number of carbonyl (C=O) groups excluding carboxylic acids is 1. The highest BCUT2D eigenvalue weighted by atomic mass is 16.5. The van der Waals surface area contributed by atoms with Crippen molar-refractivity contribution in [3.63, 3.8) is 0 Å². The van der Waals surface area contributed by atoms with E-state index in [1.807, 2.05) is 61.7 Å². The highest BCUT2D eigenvalue weighted by Gasteiger charge is 2.09. The van der Waals surface area contributed by atoms with Crippen molar-refractivity contribution in [3.05, 3.63) is 65.9 Å². The van der Waals surface area contributed by atoms with Gasteiger partial charge in [0.25, 0.3) is 5.91 Å². The Hall–Kier alpha value is -3.21. The minimum absolute atomic E-state index is 0.0484. The summed E-state index contributed by atoms with van der Waals surface area (Å²) in [5.41, 5.74) is 3.31. The molecule has 0 atom stereocenters. The van der Waals surface area contributed by atoms with Gasteiger partial charge in [0.15, 0.2) is 18.1 Å². The smallest absolute Gasteiger partial charge is 0.257 e. The number of aromatic nitrogens is 1. The number of amides is 1. The molecule has 27 heavy (non-hydrogen) atoms. The summed E-state index contributed by atoms with van der Waals surface area (Å²) in [6.07, 6.45) is 6.68. The lowest BCUT2D eigenvalue weighted by molar-refractivity contribution is -0.123. The lowest BCUT2D eigenvalue weighted by atomic mass is 10.1. The topological polar surface area (TPSA) is 63.3 Å². The summed E-state index contributed by atoms with van der Waals surface area (Å²) in [4.78, 5) is 15.3. The quantitative estimate of drug-likeness (QED) is 0.636. The van der Waals surface area contributed by atoms with E-state index in [2.05, 4.69) is 16.4 Å². The highest BCUT2D eigenvalue weighted by Crippen LogP contribution is 2.28. The molecule has 0 aliphatic heterocycles. The minimum atomic E-state index is -0.158. The number of benzene rings is 2. The molecule has 0 saturated heterocycles. The number of fused-ring (bicyclic) bond motifs is 1. The monoisotopic (exact) mass is 364 g/mol. The van der Waals surface area contributed by atoms with E-state index in [0.29, 0.717) is 18.0 Å². The standard InChI is InChI=1S/C22H24N2O3/c1-3-6-16-9-10-20(21(13-16)26-2)27-15-22(25)23-12-11-17-14-24-19-8-5-4-7-18(17)19/h3-10,13-14,24H,11-12,15H2,1-2H3,(H,23,25)/b6-3-. The van der Waals surface area contributed by atoms with Crippen LogP contribution in [0.15, 0.2) is 54.7 Å². The number of carbonyl (C=O) groups is 1. The van der Waals surface area contributed by atoms with Gasteiger partial charge < -0.3 is 19.8 Å². The van der Waals surface area contributed by atoms with Gasteiger partial charge in [-0.1, -0.05) is 36.4 Å². The van der Waals surface area contributed by atoms with Gasteiger partial charge in [0.05, 0.1) is 7.11 Å². The van der Waals surface area contributed by atoms with E-state index < -0.39 is 0 Å². The lowest BCUT2D eigenvalue weighted by Gasteiger charge is -2.11. The average Bonchev–Trinajstić information content (AvgIpc) is 3.10. The van der Waals surface area contributed by atoms with Gasteiger partial charge in [-0.15, -0.1) is 0 Å². The van der Waals surface area contributed by atoms with Crippen LogP contribution in [0.1, 0.15) is 18.1 Å². The first-order valence-corrected chi connectivity index (χ1v) is 8.96. The molecule has 0 saturated carbocycles. The highest BCUT2D eigenvalue weighted by molar-refractivity contribution is 5.83. The number of nitrogens with one attached hydrogen (secondary N) is 2. The molecule has 1 amide bonds. The number of aromatic amines is 1. The van der Waals surface area contributed by atoms with Crippen molar-refractivity contribution in [2.24, 2.45) is 0 Å². The number of hydrogen-bond donors (Lipinski definition) is 2. The first-order valence-electron chi connectivity index (χ1n) is 8.96. The van der Waals surface area contributed by atoms with Crippen LogP contribution in [-0.2, 0) is 11.2 Å². The van der Waals surface area contributed by atoms with E-state index in [1.54, 1.807) is 7.11 Å². The Morgan fingerprint density at radius 1 is 1.19 bits per heavy atom. The first-order chi connectivity index (χ1) is 13.2. The van der Waals surface area contributed by atoms with Gasteiger partial charge in [0, 0.05) is 23.6 Å². The van der Waals surface area contributed by atoms with Gasteiger partial charge >= 0.3 is 0 Å². The van der Waals surface area contributed by atoms with Crippen LogP contribution in [0.25, 0.3) is 17.0 Å². The molecule has 140 valence electrons. The maximum absolute atomic E-state index is 12.1. The number of allylic oxidation sites excluding steroid dienone is 1. The zero-order valence-electron chi connectivity index (χ0n) is 15.6. The summed E-state index contributed by atoms with van der Waals surface area (Å²) in [6, 6.07) is 13.8. The summed E-state index contributed by atoms with van der Waals surface area (Å²) in [6.45, 7) is 2.46. The molecule has 2 N–H and O–H groups in total. The van der Waals surface area contributed by atoms with Gasteiger partial charge in [0.1, 0.15) is 0 Å². The Kier molecular flexibility index (Phi) is 6.15. The second-order valence-corrected chi connectivity index (χ2v) is 6.16. The first kappa shape index (κ1) is 18.6. The van der Waals surface area contributed by atoms with Crippen LogP contribution in [0, 0.1) is 0 Å². The predicted molar refractivity (Wildman–Crippen MR) is 108 cm³/mol. The summed E-state index contributed by atoms with van der Waals surface area (Å²) in [5, 5.41) is 4.08. The SMILES string of the molecule is C/C=C\c1ccc(OCC(=O)NCCc2c[nH]c3ccccc23)c(OC)c1. The van der Waals surface area contributed by atoms with E-state index in [-0.39, 0.29) is 12.5 Å². The lowest BCUT2D eigenvalue weighted by Crippen LogP contribution is -2.30. The maximum atomic E-state index is 12.1. The van der Waals surface area contributed by atoms with Crippen molar-refractivity contribution < 1.29 is 14.3 Å². The fraction of sp³-hybridized carbons (Fsp3) is 0.227. The maximum Gasteiger partial charge on any atom is 0.257 e. The van der Waals surface area contributed by atoms with Crippen LogP contribution in [0.2, 0.25) is 0 Å². The van der Waals surface area contributed by atoms with Crippen LogP contribution >= 0.6 is 0 Å². The zero-order valence-corrected chi connectivity index (χ0v) is 15.6. The molecule has 0 fully saturated rings. The second kappa shape index (κ2) is 8.94. The Morgan fingerprint density at radius 2 is 2.04 bits per heavy atom. The van der Waals surface area contributed by atoms with Crippen LogP contribution in [-0.4, -0.2) is 31.2 Å². The van der Waals surface area contributed by atoms with Gasteiger partial charge in [-0.05, 0) is 42.7 Å². The van der Waals surface area contributed by atoms with Crippen molar-refractivity contribution in [3.8, 4) is 11.5 Å². The molecule has 0 bridgehead atoms. The van der Waals surface area contributed by atoms with Gasteiger partial charge in [-0.3, -0.25) is 4.79 Å². The summed E-state index contributed by atoms with van der Waals surface area (Å²) >= 11 is 0. The van der Waals surface area contributed by atoms with Crippen molar-refractivity contribution in [2.45, 2.75) is 13.3 Å². The molecule has 0 spiro atoms. The van der Waals surface area contributed by atoms with E-state index in [0.717, 1.165) is 17.5 Å². The van der Waals surface area contributed by atoms with E-state index in [4.69, 9.17) is 9.47 Å². The third kappa shape index (κ3) is 4.70. The summed E-state index contributed by atoms with van der Waals surface area (Å²) < 4.78 is 11.0. The summed E-state index contributed by atoms with van der Waals surface area (Å²) in [5.74, 6) is 1.00. The van der Waals surface area contributed by atoms with E-state index >= 15 is 0 Å². The normalized spacial score (nSPS) is 11.0. The predicted octanol–water partition coefficient (Wildman–Crippen LogP) is 3.95. The molecule has 0 unspecified atom stereocenters. The molecular formula is C22H24N2O3. The van der Waals surface area contributed by atoms with Gasteiger partial charge in [-0.2, -0.15) is 0 Å². The number of rotatable bonds is 8. The molecule has 5 heteroatoms. The van der Waals surface area contributed by atoms with Crippen LogP contribution in [0.3, 0.4) is 0 Å². The Morgan fingerprint density at radius 3 is 2.85 bits per heavy atom. The minimum Gasteiger partial charge on any atom is -0.493 e. The van der Waals surface area contributed by atoms with Crippen LogP contribution in [0.5, 0.6) is 11.5 Å². The molecule has 0 aliphatic rings. The zero-order chi connectivity index (χ0) is 19.1. The summed E-state index contributed by atoms with van der Waals surface area (Å²) in [7, 11) is 1.59. The fourth-order valence-corrected chi connectivity index (χ4v) is 2.97. The number of H-pyrrole nitrogens is 1. The Balaban J connectivity index is 1.50.